The number of anilines is 1. The lowest BCUT2D eigenvalue weighted by atomic mass is 9.96. The maximum absolute atomic E-state index is 12.9. The molecule has 2 amide bonds. The fourth-order valence-electron chi connectivity index (χ4n) is 4.95. The summed E-state index contributed by atoms with van der Waals surface area (Å²) in [5.74, 6) is 1.50. The number of piperidine rings is 1. The van der Waals surface area contributed by atoms with E-state index in [0.29, 0.717) is 29.8 Å². The Morgan fingerprint density at radius 1 is 1.13 bits per heavy atom. The molecule has 1 aromatic carbocycles. The zero-order valence-corrected chi connectivity index (χ0v) is 18.4. The third-order valence-corrected chi connectivity index (χ3v) is 6.43. The number of fused-ring (bicyclic) bond motifs is 2. The number of hydrogen-bond donors (Lipinski definition) is 2. The van der Waals surface area contributed by atoms with Gasteiger partial charge in [0.2, 0.25) is 0 Å². The Bertz CT molecular complexity index is 946. The molecule has 2 aromatic rings. The molecule has 2 bridgehead atoms. The number of hydrogen-bond acceptors (Lipinski definition) is 5. The normalized spacial score (nSPS) is 22.2. The molecule has 0 saturated carbocycles. The number of ether oxygens (including phenoxy) is 1. The molecule has 2 aliphatic heterocycles. The third kappa shape index (κ3) is 4.22. The molecular formula is C24H30N4O3. The van der Waals surface area contributed by atoms with Gasteiger partial charge in [0, 0.05) is 42.0 Å². The Labute approximate surface area is 183 Å². The van der Waals surface area contributed by atoms with Crippen molar-refractivity contribution in [3.8, 4) is 5.75 Å². The first kappa shape index (κ1) is 21.2. The number of nitrogens with zero attached hydrogens (tertiary/aromatic N) is 2. The second kappa shape index (κ2) is 8.96. The first-order chi connectivity index (χ1) is 15.0. The number of pyridine rings is 1. The van der Waals surface area contributed by atoms with Crippen LogP contribution in [-0.4, -0.2) is 48.6 Å². The van der Waals surface area contributed by atoms with Crippen LogP contribution in [0.1, 0.15) is 58.9 Å². The molecule has 4 rings (SSSR count). The summed E-state index contributed by atoms with van der Waals surface area (Å²) >= 11 is 0. The standard InChI is InChI=1S/C24H30N4O3/c1-4-25-23(29)16-8-11-22(26-14-16)28-18-9-10-19(28)13-17(12-18)27-24(30)20-6-5-7-21(31-3)15(20)2/h5-8,11,14,17-19H,4,9-10,12-13H2,1-3H3,(H,25,29)(H,27,30). The number of benzene rings is 1. The maximum atomic E-state index is 12.9. The van der Waals surface area contributed by atoms with Crippen LogP contribution in [0, 0.1) is 6.92 Å². The van der Waals surface area contributed by atoms with Crippen molar-refractivity contribution in [2.75, 3.05) is 18.6 Å². The molecule has 31 heavy (non-hydrogen) atoms. The summed E-state index contributed by atoms with van der Waals surface area (Å²) in [6, 6.07) is 10.2. The second-order valence-corrected chi connectivity index (χ2v) is 8.33. The highest BCUT2D eigenvalue weighted by molar-refractivity contribution is 5.96. The van der Waals surface area contributed by atoms with E-state index in [0.717, 1.165) is 42.8 Å². The molecule has 2 unspecified atom stereocenters. The van der Waals surface area contributed by atoms with E-state index < -0.39 is 0 Å². The second-order valence-electron chi connectivity index (χ2n) is 8.33. The highest BCUT2D eigenvalue weighted by Crippen LogP contribution is 2.38. The Balaban J connectivity index is 1.43. The minimum absolute atomic E-state index is 0.0429. The predicted octanol–water partition coefficient (Wildman–Crippen LogP) is 3.08. The Morgan fingerprint density at radius 3 is 2.48 bits per heavy atom. The molecule has 0 radical (unpaired) electrons. The van der Waals surface area contributed by atoms with Crippen LogP contribution in [0.25, 0.3) is 0 Å². The summed E-state index contributed by atoms with van der Waals surface area (Å²) in [5, 5.41) is 6.04. The molecule has 2 N–H and O–H groups in total. The van der Waals surface area contributed by atoms with Crippen molar-refractivity contribution < 1.29 is 14.3 Å². The summed E-state index contributed by atoms with van der Waals surface area (Å²) in [6.07, 6.45) is 5.62. The van der Waals surface area contributed by atoms with Gasteiger partial charge < -0.3 is 20.3 Å². The van der Waals surface area contributed by atoms with Crippen molar-refractivity contribution in [2.45, 2.75) is 57.7 Å². The van der Waals surface area contributed by atoms with Crippen LogP contribution in [0.4, 0.5) is 5.82 Å². The molecule has 2 saturated heterocycles. The van der Waals surface area contributed by atoms with E-state index in [1.807, 2.05) is 44.2 Å². The fraction of sp³-hybridized carbons (Fsp3) is 0.458. The van der Waals surface area contributed by atoms with Crippen molar-refractivity contribution in [3.05, 3.63) is 53.2 Å². The van der Waals surface area contributed by atoms with Crippen LogP contribution < -0.4 is 20.3 Å². The number of aromatic nitrogens is 1. The van der Waals surface area contributed by atoms with Crippen molar-refractivity contribution in [3.63, 3.8) is 0 Å². The molecule has 3 heterocycles. The van der Waals surface area contributed by atoms with Crippen LogP contribution >= 0.6 is 0 Å². The number of methoxy groups -OCH3 is 1. The summed E-state index contributed by atoms with van der Waals surface area (Å²) < 4.78 is 5.35. The van der Waals surface area contributed by atoms with E-state index in [4.69, 9.17) is 4.74 Å². The van der Waals surface area contributed by atoms with E-state index in [-0.39, 0.29) is 17.9 Å². The summed E-state index contributed by atoms with van der Waals surface area (Å²) in [5.41, 5.74) is 2.10. The largest absolute Gasteiger partial charge is 0.496 e. The van der Waals surface area contributed by atoms with Crippen LogP contribution in [0.5, 0.6) is 5.75 Å². The van der Waals surface area contributed by atoms with Crippen molar-refractivity contribution in [1.82, 2.24) is 15.6 Å². The van der Waals surface area contributed by atoms with Gasteiger partial charge in [-0.05, 0) is 63.8 Å². The minimum atomic E-state index is -0.0984. The van der Waals surface area contributed by atoms with Crippen molar-refractivity contribution in [2.24, 2.45) is 0 Å². The zero-order valence-electron chi connectivity index (χ0n) is 18.4. The molecule has 1 aromatic heterocycles. The van der Waals surface area contributed by atoms with Crippen LogP contribution in [0.2, 0.25) is 0 Å². The van der Waals surface area contributed by atoms with Gasteiger partial charge in [0.05, 0.1) is 12.7 Å². The lowest BCUT2D eigenvalue weighted by Gasteiger charge is -2.40. The number of carbonyl (C=O) groups is 2. The molecule has 0 aliphatic carbocycles. The van der Waals surface area contributed by atoms with Gasteiger partial charge in [-0.3, -0.25) is 9.59 Å². The van der Waals surface area contributed by atoms with E-state index in [1.165, 1.54) is 0 Å². The maximum Gasteiger partial charge on any atom is 0.252 e. The molecule has 7 heteroatoms. The van der Waals surface area contributed by atoms with E-state index in [2.05, 4.69) is 20.5 Å². The number of rotatable bonds is 6. The quantitative estimate of drug-likeness (QED) is 0.748. The average Bonchev–Trinajstić information content (AvgIpc) is 3.04. The van der Waals surface area contributed by atoms with E-state index in [1.54, 1.807) is 13.3 Å². The van der Waals surface area contributed by atoms with Gasteiger partial charge >= 0.3 is 0 Å². The van der Waals surface area contributed by atoms with E-state index in [9.17, 15) is 9.59 Å². The van der Waals surface area contributed by atoms with Crippen molar-refractivity contribution >= 4 is 17.6 Å². The predicted molar refractivity (Wildman–Crippen MR) is 120 cm³/mol. The van der Waals surface area contributed by atoms with Gasteiger partial charge in [0.1, 0.15) is 11.6 Å². The van der Waals surface area contributed by atoms with E-state index >= 15 is 0 Å². The molecule has 2 aliphatic rings. The fourth-order valence-corrected chi connectivity index (χ4v) is 4.95. The first-order valence-corrected chi connectivity index (χ1v) is 11.0. The number of amides is 2. The van der Waals surface area contributed by atoms with Gasteiger partial charge in [-0.25, -0.2) is 4.98 Å². The average molecular weight is 423 g/mol. The smallest absolute Gasteiger partial charge is 0.252 e. The minimum Gasteiger partial charge on any atom is -0.496 e. The molecule has 164 valence electrons. The summed E-state index contributed by atoms with van der Waals surface area (Å²) in [4.78, 5) is 31.8. The molecule has 0 spiro atoms. The van der Waals surface area contributed by atoms with Gasteiger partial charge in [0.25, 0.3) is 11.8 Å². The summed E-state index contributed by atoms with van der Waals surface area (Å²) in [7, 11) is 1.62. The van der Waals surface area contributed by atoms with Gasteiger partial charge in [-0.2, -0.15) is 0 Å². The monoisotopic (exact) mass is 422 g/mol. The summed E-state index contributed by atoms with van der Waals surface area (Å²) in [6.45, 7) is 4.41. The molecule has 7 nitrogen and oxygen atoms in total. The lowest BCUT2D eigenvalue weighted by Crippen LogP contribution is -2.50. The highest BCUT2D eigenvalue weighted by atomic mass is 16.5. The third-order valence-electron chi connectivity index (χ3n) is 6.43. The molecule has 2 atom stereocenters. The SMILES string of the molecule is CCNC(=O)c1ccc(N2C3CCC2CC(NC(=O)c2cccc(OC)c2C)C3)nc1. The van der Waals surface area contributed by atoms with Crippen LogP contribution in [-0.2, 0) is 0 Å². The number of carbonyl (C=O) groups excluding carboxylic acids is 2. The zero-order chi connectivity index (χ0) is 22.0. The Morgan fingerprint density at radius 2 is 1.87 bits per heavy atom. The van der Waals surface area contributed by atoms with Gasteiger partial charge in [-0.15, -0.1) is 0 Å². The van der Waals surface area contributed by atoms with Crippen LogP contribution in [0.15, 0.2) is 36.5 Å². The topological polar surface area (TPSA) is 83.6 Å². The molecular weight excluding hydrogens is 392 g/mol. The lowest BCUT2D eigenvalue weighted by molar-refractivity contribution is 0.0924. The Hall–Kier alpha value is -3.09. The van der Waals surface area contributed by atoms with Gasteiger partial charge in [-0.1, -0.05) is 6.07 Å². The Kier molecular flexibility index (Phi) is 6.11. The van der Waals surface area contributed by atoms with Gasteiger partial charge in [0.15, 0.2) is 0 Å². The van der Waals surface area contributed by atoms with Crippen LogP contribution in [0.3, 0.4) is 0 Å². The highest BCUT2D eigenvalue weighted by Gasteiger charge is 2.41. The first-order valence-electron chi connectivity index (χ1n) is 11.0. The molecule has 2 fully saturated rings. The van der Waals surface area contributed by atoms with Crippen molar-refractivity contribution in [1.29, 1.82) is 0 Å². The number of nitrogens with one attached hydrogen (secondary N) is 2.